The van der Waals surface area contributed by atoms with E-state index in [-0.39, 0.29) is 19.5 Å². The Bertz CT molecular complexity index is 178. The fourth-order valence-corrected chi connectivity index (χ4v) is 0.724. The van der Waals surface area contributed by atoms with Crippen LogP contribution in [-0.4, -0.2) is 11.9 Å². The molecule has 0 heterocycles. The zero-order valence-corrected chi connectivity index (χ0v) is 11.0. The molecule has 0 amide bonds. The summed E-state index contributed by atoms with van der Waals surface area (Å²) in [6.07, 6.45) is 4.10. The van der Waals surface area contributed by atoms with Crippen LogP contribution in [0.5, 0.6) is 0 Å². The molecule has 3 nitrogen and oxygen atoms in total. The van der Waals surface area contributed by atoms with Gasteiger partial charge in [-0.05, 0) is 6.42 Å². The van der Waals surface area contributed by atoms with Gasteiger partial charge in [0.05, 0.1) is 0 Å². The van der Waals surface area contributed by atoms with Crippen molar-refractivity contribution in [2.24, 2.45) is 0 Å². The van der Waals surface area contributed by atoms with Gasteiger partial charge in [-0.25, -0.2) is 4.79 Å². The number of rotatable bonds is 5. The van der Waals surface area contributed by atoms with Crippen LogP contribution in [0.1, 0.15) is 32.6 Å². The van der Waals surface area contributed by atoms with Crippen LogP contribution >= 0.6 is 0 Å². The van der Waals surface area contributed by atoms with Gasteiger partial charge in [-0.3, -0.25) is 4.79 Å². The number of ether oxygens (including phenoxy) is 1. The van der Waals surface area contributed by atoms with Gasteiger partial charge in [-0.1, -0.05) is 26.3 Å². The monoisotopic (exact) mass is 234 g/mol. The van der Waals surface area contributed by atoms with E-state index in [4.69, 9.17) is 0 Å². The molecule has 0 aromatic rings. The van der Waals surface area contributed by atoms with Crippen LogP contribution in [0, 0.1) is 0 Å². The smallest absolute Gasteiger partial charge is 0.337 e. The van der Waals surface area contributed by atoms with Gasteiger partial charge in [0.25, 0.3) is 0 Å². The minimum Gasteiger partial charge on any atom is -0.390 e. The number of hydrogen-bond donors (Lipinski definition) is 0. The van der Waals surface area contributed by atoms with Crippen molar-refractivity contribution in [3.63, 3.8) is 0 Å². The van der Waals surface area contributed by atoms with Gasteiger partial charge in [-0.2, -0.15) is 0 Å². The zero-order chi connectivity index (χ0) is 9.40. The Hall–Kier alpha value is -0.497. The Balaban J connectivity index is 0. The predicted molar refractivity (Wildman–Crippen MR) is 45.4 cm³/mol. The van der Waals surface area contributed by atoms with Crippen molar-refractivity contribution in [1.29, 1.82) is 0 Å². The van der Waals surface area contributed by atoms with E-state index < -0.39 is 11.9 Å². The van der Waals surface area contributed by atoms with Crippen molar-refractivity contribution in [3.05, 3.63) is 12.7 Å². The van der Waals surface area contributed by atoms with Crippen molar-refractivity contribution in [3.8, 4) is 0 Å². The number of hydrogen-bond acceptors (Lipinski definition) is 3. The van der Waals surface area contributed by atoms with Crippen molar-refractivity contribution < 1.29 is 33.8 Å². The van der Waals surface area contributed by atoms with Gasteiger partial charge in [0.2, 0.25) is 0 Å². The number of carbonyl (C=O) groups excluding carboxylic acids is 2. The Morgan fingerprint density at radius 1 is 1.38 bits per heavy atom. The van der Waals surface area contributed by atoms with Gasteiger partial charge in [0, 0.05) is 32.0 Å². The average molecular weight is 236 g/mol. The molecule has 0 aliphatic rings. The second-order valence-electron chi connectivity index (χ2n) is 2.45. The van der Waals surface area contributed by atoms with Crippen molar-refractivity contribution >= 4 is 11.9 Å². The molecule has 0 fully saturated rings. The topological polar surface area (TPSA) is 43.4 Å². The van der Waals surface area contributed by atoms with Crippen LogP contribution in [-0.2, 0) is 33.8 Å². The second-order valence-corrected chi connectivity index (χ2v) is 2.45. The molecule has 0 atom stereocenters. The maximum Gasteiger partial charge on any atom is 0.337 e. The quantitative estimate of drug-likeness (QED) is 0.240. The first kappa shape index (κ1) is 15.0. The molecule has 0 bridgehead atoms. The van der Waals surface area contributed by atoms with Gasteiger partial charge >= 0.3 is 11.9 Å². The molecule has 0 N–H and O–H groups in total. The fraction of sp³-hybridized carbons (Fsp3) is 0.556. The van der Waals surface area contributed by atoms with Crippen molar-refractivity contribution in [1.82, 2.24) is 0 Å². The molecule has 0 aliphatic heterocycles. The third-order valence-corrected chi connectivity index (χ3v) is 1.37. The molecule has 70 valence electrons. The molecule has 0 radical (unpaired) electrons. The summed E-state index contributed by atoms with van der Waals surface area (Å²) in [4.78, 5) is 21.3. The minimum absolute atomic E-state index is 0. The molecule has 0 saturated carbocycles. The summed E-state index contributed by atoms with van der Waals surface area (Å²) in [5.74, 6) is -1.13. The Morgan fingerprint density at radius 2 is 2.00 bits per heavy atom. The molecule has 0 aliphatic carbocycles. The second kappa shape index (κ2) is 9.59. The van der Waals surface area contributed by atoms with Gasteiger partial charge < -0.3 is 4.74 Å². The van der Waals surface area contributed by atoms with E-state index in [9.17, 15) is 9.59 Å². The maximum absolute atomic E-state index is 10.8. The molecule has 0 aromatic heterocycles. The van der Waals surface area contributed by atoms with Gasteiger partial charge in [0.15, 0.2) is 0 Å². The number of esters is 2. The molecule has 0 spiro atoms. The predicted octanol–water partition coefficient (Wildman–Crippen LogP) is 1.82. The first-order valence-corrected chi connectivity index (χ1v) is 4.07. The van der Waals surface area contributed by atoms with Crippen LogP contribution in [0.15, 0.2) is 12.7 Å². The van der Waals surface area contributed by atoms with Crippen LogP contribution in [0.2, 0.25) is 0 Å². The summed E-state index contributed by atoms with van der Waals surface area (Å²) in [6.45, 7) is 5.23. The summed E-state index contributed by atoms with van der Waals surface area (Å²) < 4.78 is 4.35. The SMILES string of the molecule is C=CC(=O)OC(=O)CCCCC.[Zn]. The number of carbonyl (C=O) groups is 2. The fourth-order valence-electron chi connectivity index (χ4n) is 0.724. The Kier molecular flexibility index (Phi) is 11.1. The van der Waals surface area contributed by atoms with Crippen LogP contribution in [0.4, 0.5) is 0 Å². The summed E-state index contributed by atoms with van der Waals surface area (Å²) in [7, 11) is 0. The molecular formula is C9H14O3Zn. The zero-order valence-electron chi connectivity index (χ0n) is 8.04. The first-order valence-electron chi connectivity index (χ1n) is 4.07. The van der Waals surface area contributed by atoms with E-state index in [2.05, 4.69) is 11.3 Å². The van der Waals surface area contributed by atoms with Crippen molar-refractivity contribution in [2.75, 3.05) is 0 Å². The summed E-state index contributed by atoms with van der Waals surface area (Å²) in [5.41, 5.74) is 0. The van der Waals surface area contributed by atoms with E-state index in [1.807, 2.05) is 6.92 Å². The Labute approximate surface area is 91.3 Å². The van der Waals surface area contributed by atoms with Gasteiger partial charge in [0.1, 0.15) is 0 Å². The molecule has 0 aromatic carbocycles. The average Bonchev–Trinajstić information content (AvgIpc) is 2.05. The summed E-state index contributed by atoms with van der Waals surface area (Å²) in [6, 6.07) is 0. The third-order valence-electron chi connectivity index (χ3n) is 1.37. The van der Waals surface area contributed by atoms with E-state index >= 15 is 0 Å². The maximum atomic E-state index is 10.8. The first-order chi connectivity index (χ1) is 5.70. The van der Waals surface area contributed by atoms with Crippen molar-refractivity contribution in [2.45, 2.75) is 32.6 Å². The van der Waals surface area contributed by atoms with E-state index in [1.165, 1.54) is 0 Å². The standard InChI is InChI=1S/C9H14O3.Zn/c1-3-5-6-7-9(11)12-8(10)4-2;/h4H,2-3,5-7H2,1H3;. The molecular weight excluding hydrogens is 221 g/mol. The normalized spacial score (nSPS) is 8.38. The molecule has 0 rings (SSSR count). The molecule has 4 heteroatoms. The summed E-state index contributed by atoms with van der Waals surface area (Å²) >= 11 is 0. The van der Waals surface area contributed by atoms with Gasteiger partial charge in [-0.15, -0.1) is 0 Å². The van der Waals surface area contributed by atoms with Crippen LogP contribution in [0.3, 0.4) is 0 Å². The largest absolute Gasteiger partial charge is 0.390 e. The molecule has 0 saturated heterocycles. The minimum atomic E-state index is -0.670. The van der Waals surface area contributed by atoms with E-state index in [1.54, 1.807) is 0 Å². The summed E-state index contributed by atoms with van der Waals surface area (Å²) in [5, 5.41) is 0. The third kappa shape index (κ3) is 9.42. The van der Waals surface area contributed by atoms with E-state index in [0.29, 0.717) is 6.42 Å². The number of unbranched alkanes of at least 4 members (excludes halogenated alkanes) is 2. The molecule has 13 heavy (non-hydrogen) atoms. The van der Waals surface area contributed by atoms with Crippen LogP contribution < -0.4 is 0 Å². The molecule has 0 unspecified atom stereocenters. The Morgan fingerprint density at radius 3 is 2.46 bits per heavy atom. The van der Waals surface area contributed by atoms with E-state index in [0.717, 1.165) is 25.3 Å². The van der Waals surface area contributed by atoms with Crippen LogP contribution in [0.25, 0.3) is 0 Å².